The maximum Gasteiger partial charge on any atom is 0.224 e. The minimum absolute atomic E-state index is 0.0465. The van der Waals surface area contributed by atoms with E-state index in [1.165, 1.54) is 10.9 Å². The number of benzene rings is 2. The van der Waals surface area contributed by atoms with Crippen LogP contribution in [0.5, 0.6) is 0 Å². The molecule has 3 rings (SSSR count). The van der Waals surface area contributed by atoms with Crippen molar-refractivity contribution < 1.29 is 4.79 Å². The fourth-order valence-electron chi connectivity index (χ4n) is 2.90. The quantitative estimate of drug-likeness (QED) is 0.664. The number of para-hydroxylation sites is 1. The van der Waals surface area contributed by atoms with Crippen molar-refractivity contribution in [2.75, 3.05) is 6.54 Å². The third kappa shape index (κ3) is 3.70. The largest absolute Gasteiger partial charge is 0.361 e. The number of carbonyl (C=O) groups is 1. The van der Waals surface area contributed by atoms with E-state index < -0.39 is 0 Å². The zero-order valence-electron chi connectivity index (χ0n) is 13.9. The second kappa shape index (κ2) is 6.81. The van der Waals surface area contributed by atoms with E-state index in [1.54, 1.807) is 0 Å². The van der Waals surface area contributed by atoms with E-state index in [0.29, 0.717) is 13.0 Å². The first-order valence-electron chi connectivity index (χ1n) is 8.03. The van der Waals surface area contributed by atoms with Crippen LogP contribution < -0.4 is 5.32 Å². The van der Waals surface area contributed by atoms with Crippen molar-refractivity contribution in [2.45, 2.75) is 25.7 Å². The van der Waals surface area contributed by atoms with Crippen LogP contribution in [-0.2, 0) is 16.6 Å². The molecule has 3 aromatic rings. The lowest BCUT2D eigenvalue weighted by Gasteiger charge is -2.25. The smallest absolute Gasteiger partial charge is 0.224 e. The van der Waals surface area contributed by atoms with Crippen LogP contribution in [-0.4, -0.2) is 17.4 Å². The SMILES string of the molecule is CC(C)(CNC(=O)Cc1ccc(Br)cc1)c1c[nH]c2ccccc12. The van der Waals surface area contributed by atoms with Gasteiger partial charge in [-0.3, -0.25) is 4.79 Å². The summed E-state index contributed by atoms with van der Waals surface area (Å²) in [5.74, 6) is 0.0465. The fourth-order valence-corrected chi connectivity index (χ4v) is 3.16. The van der Waals surface area contributed by atoms with Crippen molar-refractivity contribution in [3.63, 3.8) is 0 Å². The van der Waals surface area contributed by atoms with Gasteiger partial charge in [0.1, 0.15) is 0 Å². The minimum Gasteiger partial charge on any atom is -0.361 e. The van der Waals surface area contributed by atoms with Gasteiger partial charge >= 0.3 is 0 Å². The Kier molecular flexibility index (Phi) is 4.76. The number of hydrogen-bond acceptors (Lipinski definition) is 1. The molecule has 24 heavy (non-hydrogen) atoms. The Morgan fingerprint density at radius 3 is 2.58 bits per heavy atom. The second-order valence-electron chi connectivity index (χ2n) is 6.71. The van der Waals surface area contributed by atoms with Crippen LogP contribution in [0.4, 0.5) is 0 Å². The van der Waals surface area contributed by atoms with Gasteiger partial charge in [-0.15, -0.1) is 0 Å². The molecule has 3 nitrogen and oxygen atoms in total. The standard InChI is InChI=1S/C20H21BrN2O/c1-20(2,17-12-22-18-6-4-3-5-16(17)18)13-23-19(24)11-14-7-9-15(21)10-8-14/h3-10,12,22H,11,13H2,1-2H3,(H,23,24). The van der Waals surface area contributed by atoms with Crippen LogP contribution in [0.3, 0.4) is 0 Å². The van der Waals surface area contributed by atoms with Crippen molar-refractivity contribution in [1.82, 2.24) is 10.3 Å². The summed E-state index contributed by atoms with van der Waals surface area (Å²) in [6, 6.07) is 16.1. The molecule has 0 aliphatic rings. The van der Waals surface area contributed by atoms with Crippen molar-refractivity contribution in [3.05, 3.63) is 70.3 Å². The molecule has 0 aliphatic heterocycles. The second-order valence-corrected chi connectivity index (χ2v) is 7.63. The summed E-state index contributed by atoms with van der Waals surface area (Å²) in [7, 11) is 0. The zero-order valence-corrected chi connectivity index (χ0v) is 15.5. The van der Waals surface area contributed by atoms with Gasteiger partial charge in [-0.25, -0.2) is 0 Å². The Labute approximate surface area is 150 Å². The molecule has 0 bridgehead atoms. The van der Waals surface area contributed by atoms with Gasteiger partial charge in [0.2, 0.25) is 5.91 Å². The van der Waals surface area contributed by atoms with Gasteiger partial charge < -0.3 is 10.3 Å². The molecule has 1 aromatic heterocycles. The molecule has 0 saturated heterocycles. The highest BCUT2D eigenvalue weighted by Crippen LogP contribution is 2.29. The van der Waals surface area contributed by atoms with Crippen LogP contribution in [0.1, 0.15) is 25.0 Å². The topological polar surface area (TPSA) is 44.9 Å². The summed E-state index contributed by atoms with van der Waals surface area (Å²) in [4.78, 5) is 15.6. The number of hydrogen-bond donors (Lipinski definition) is 2. The van der Waals surface area contributed by atoms with Crippen LogP contribution in [0.2, 0.25) is 0 Å². The lowest BCUT2D eigenvalue weighted by atomic mass is 9.84. The van der Waals surface area contributed by atoms with Gasteiger partial charge in [-0.05, 0) is 29.3 Å². The molecule has 0 unspecified atom stereocenters. The number of H-pyrrole nitrogens is 1. The Hall–Kier alpha value is -2.07. The van der Waals surface area contributed by atoms with E-state index in [1.807, 2.05) is 42.6 Å². The average molecular weight is 385 g/mol. The number of amides is 1. The van der Waals surface area contributed by atoms with Gasteiger partial charge in [0.05, 0.1) is 6.42 Å². The molecular weight excluding hydrogens is 364 g/mol. The molecule has 2 aromatic carbocycles. The molecule has 1 heterocycles. The average Bonchev–Trinajstić information content (AvgIpc) is 3.00. The molecule has 0 radical (unpaired) electrons. The van der Waals surface area contributed by atoms with Crippen LogP contribution >= 0.6 is 15.9 Å². The van der Waals surface area contributed by atoms with Crippen molar-refractivity contribution in [1.29, 1.82) is 0 Å². The third-order valence-corrected chi connectivity index (χ3v) is 4.85. The number of aromatic nitrogens is 1. The molecule has 0 fully saturated rings. The highest BCUT2D eigenvalue weighted by Gasteiger charge is 2.24. The van der Waals surface area contributed by atoms with Gasteiger partial charge in [-0.1, -0.05) is 60.1 Å². The van der Waals surface area contributed by atoms with E-state index >= 15 is 0 Å². The summed E-state index contributed by atoms with van der Waals surface area (Å²) >= 11 is 3.41. The third-order valence-electron chi connectivity index (χ3n) is 4.32. The van der Waals surface area contributed by atoms with Gasteiger partial charge in [0.25, 0.3) is 0 Å². The fraction of sp³-hybridized carbons (Fsp3) is 0.250. The molecule has 0 saturated carbocycles. The minimum atomic E-state index is -0.144. The van der Waals surface area contributed by atoms with E-state index in [0.717, 1.165) is 15.6 Å². The predicted octanol–water partition coefficient (Wildman–Crippen LogP) is 4.57. The number of rotatable bonds is 5. The van der Waals surface area contributed by atoms with Crippen molar-refractivity contribution >= 4 is 32.7 Å². The molecular formula is C20H21BrN2O. The summed E-state index contributed by atoms with van der Waals surface area (Å²) < 4.78 is 1.02. The van der Waals surface area contributed by atoms with E-state index in [2.05, 4.69) is 52.2 Å². The summed E-state index contributed by atoms with van der Waals surface area (Å²) in [5, 5.41) is 4.29. The molecule has 2 N–H and O–H groups in total. The first-order valence-corrected chi connectivity index (χ1v) is 8.83. The number of fused-ring (bicyclic) bond motifs is 1. The van der Waals surface area contributed by atoms with E-state index in [-0.39, 0.29) is 11.3 Å². The van der Waals surface area contributed by atoms with Crippen molar-refractivity contribution in [2.24, 2.45) is 0 Å². The monoisotopic (exact) mass is 384 g/mol. The summed E-state index contributed by atoms with van der Waals surface area (Å²) in [6.45, 7) is 4.91. The number of halogens is 1. The maximum absolute atomic E-state index is 12.2. The van der Waals surface area contributed by atoms with E-state index in [9.17, 15) is 4.79 Å². The van der Waals surface area contributed by atoms with E-state index in [4.69, 9.17) is 0 Å². The van der Waals surface area contributed by atoms with Gasteiger partial charge in [0, 0.05) is 33.5 Å². The van der Waals surface area contributed by atoms with Crippen LogP contribution in [0.15, 0.2) is 59.2 Å². The molecule has 0 aliphatic carbocycles. The number of nitrogens with one attached hydrogen (secondary N) is 2. The Bertz CT molecular complexity index is 849. The summed E-state index contributed by atoms with van der Waals surface area (Å²) in [5.41, 5.74) is 3.22. The Balaban J connectivity index is 1.66. The van der Waals surface area contributed by atoms with Crippen LogP contribution in [0.25, 0.3) is 10.9 Å². The molecule has 0 spiro atoms. The maximum atomic E-state index is 12.2. The molecule has 1 amide bonds. The highest BCUT2D eigenvalue weighted by molar-refractivity contribution is 9.10. The summed E-state index contributed by atoms with van der Waals surface area (Å²) in [6.07, 6.45) is 2.45. The van der Waals surface area contributed by atoms with Crippen molar-refractivity contribution in [3.8, 4) is 0 Å². The number of carbonyl (C=O) groups excluding carboxylic acids is 1. The van der Waals surface area contributed by atoms with Gasteiger partial charge in [-0.2, -0.15) is 0 Å². The lowest BCUT2D eigenvalue weighted by molar-refractivity contribution is -0.120. The zero-order chi connectivity index (χ0) is 17.2. The Morgan fingerprint density at radius 2 is 1.83 bits per heavy atom. The first kappa shape index (κ1) is 16.8. The van der Waals surface area contributed by atoms with Gasteiger partial charge in [0.15, 0.2) is 0 Å². The molecule has 124 valence electrons. The highest BCUT2D eigenvalue weighted by atomic mass is 79.9. The number of aromatic amines is 1. The normalized spacial score (nSPS) is 11.6. The Morgan fingerprint density at radius 1 is 1.12 bits per heavy atom. The van der Waals surface area contributed by atoms with Crippen LogP contribution in [0, 0.1) is 0 Å². The first-order chi connectivity index (χ1) is 11.5. The molecule has 0 atom stereocenters. The predicted molar refractivity (Wildman–Crippen MR) is 102 cm³/mol. The lowest BCUT2D eigenvalue weighted by Crippen LogP contribution is -2.37. The molecule has 4 heteroatoms.